The fourth-order valence-corrected chi connectivity index (χ4v) is 5.00. The minimum atomic E-state index is -4.12. The van der Waals surface area contributed by atoms with E-state index in [1.54, 1.807) is 0 Å². The van der Waals surface area contributed by atoms with Crippen LogP contribution in [0.2, 0.25) is 0 Å². The van der Waals surface area contributed by atoms with Gasteiger partial charge in [-0.25, -0.2) is 9.97 Å². The van der Waals surface area contributed by atoms with Crippen LogP contribution in [0.5, 0.6) is 0 Å². The van der Waals surface area contributed by atoms with Crippen LogP contribution >= 0.6 is 15.2 Å². The van der Waals surface area contributed by atoms with Gasteiger partial charge in [0.25, 0.3) is 0 Å². The van der Waals surface area contributed by atoms with Gasteiger partial charge in [0.1, 0.15) is 0 Å². The van der Waals surface area contributed by atoms with E-state index in [2.05, 4.69) is 9.97 Å². The Hall–Kier alpha value is -1.86. The predicted molar refractivity (Wildman–Crippen MR) is 121 cm³/mol. The molecule has 0 radical (unpaired) electrons. The standard InChI is InChI=1S/C22H22N2O6P2.2ClH/c25-31(26,27)11-9-21-17-7-3-1-5-15(17)19(13-23-21)20-14-24-22(10-12-32(28,29)30)18-8-4-2-6-16(18)20;;/h1-8,13-14H,9-12H2,(H2,25,26,27)(H2,28,29,30);2*1H. The minimum Gasteiger partial charge on any atom is -1.00 e. The van der Waals surface area contributed by atoms with Crippen molar-refractivity contribution in [2.75, 3.05) is 12.3 Å². The first-order valence-corrected chi connectivity index (χ1v) is 13.7. The van der Waals surface area contributed by atoms with Crippen LogP contribution in [0.25, 0.3) is 32.7 Å². The molecule has 0 amide bonds. The van der Waals surface area contributed by atoms with E-state index in [4.69, 9.17) is 0 Å². The molecule has 8 nitrogen and oxygen atoms in total. The van der Waals surface area contributed by atoms with E-state index in [-0.39, 0.29) is 50.0 Å². The van der Waals surface area contributed by atoms with E-state index in [0.29, 0.717) is 0 Å². The molecule has 0 saturated heterocycles. The molecule has 2 aromatic heterocycles. The lowest BCUT2D eigenvalue weighted by Crippen LogP contribution is -3.00. The van der Waals surface area contributed by atoms with Gasteiger partial charge in [-0.2, -0.15) is 0 Å². The first kappa shape index (κ1) is 28.4. The maximum absolute atomic E-state index is 11.4. The lowest BCUT2D eigenvalue weighted by molar-refractivity contribution is -0.389. The number of hydrogen-bond donors (Lipinski definition) is 4. The Morgan fingerprint density at radius 3 is 1.24 bits per heavy atom. The van der Waals surface area contributed by atoms with Crippen molar-refractivity contribution >= 4 is 36.7 Å². The number of aryl methyl sites for hydroxylation is 2. The van der Waals surface area contributed by atoms with Crippen molar-refractivity contribution in [3.63, 3.8) is 0 Å². The van der Waals surface area contributed by atoms with Gasteiger partial charge >= 0.3 is 15.2 Å². The second kappa shape index (κ2) is 11.3. The molecule has 2 heterocycles. The van der Waals surface area contributed by atoms with E-state index >= 15 is 0 Å². The maximum atomic E-state index is 11.4. The number of hydrogen-bond acceptors (Lipinski definition) is 2. The van der Waals surface area contributed by atoms with Crippen LogP contribution in [0.3, 0.4) is 0 Å². The number of aromatic amines is 2. The number of H-pyrrole nitrogens is 2. The maximum Gasteiger partial charge on any atom is 0.326 e. The number of nitrogens with one attached hydrogen (secondary N) is 2. The SMILES string of the molecule is O=P(O)(O)CCc1[nH+]cc(-c2c[nH+]c(CCP(=O)(O)O)c3ccccc23)c2ccccc12.[Cl-].[Cl-]. The summed E-state index contributed by atoms with van der Waals surface area (Å²) >= 11 is 0. The number of benzene rings is 2. The van der Waals surface area contributed by atoms with Crippen LogP contribution in [0, 0.1) is 0 Å². The van der Waals surface area contributed by atoms with Crippen molar-refractivity contribution in [2.45, 2.75) is 12.8 Å². The molecular formula is C22H24Cl2N2O6P2. The Bertz CT molecular complexity index is 1300. The highest BCUT2D eigenvalue weighted by atomic mass is 35.5. The highest BCUT2D eigenvalue weighted by Crippen LogP contribution is 2.38. The number of halogens is 2. The lowest BCUT2D eigenvalue weighted by atomic mass is 9.95. The van der Waals surface area contributed by atoms with Crippen molar-refractivity contribution in [2.24, 2.45) is 0 Å². The van der Waals surface area contributed by atoms with Crippen LogP contribution in [0.4, 0.5) is 0 Å². The molecule has 34 heavy (non-hydrogen) atoms. The molecule has 182 valence electrons. The summed E-state index contributed by atoms with van der Waals surface area (Å²) in [6, 6.07) is 15.4. The lowest BCUT2D eigenvalue weighted by Gasteiger charge is -2.10. The summed E-state index contributed by atoms with van der Waals surface area (Å²) in [5.74, 6) is 0. The Morgan fingerprint density at radius 1 is 0.588 bits per heavy atom. The second-order valence-electron chi connectivity index (χ2n) is 7.73. The molecule has 4 aromatic rings. The van der Waals surface area contributed by atoms with Crippen LogP contribution in [0.15, 0.2) is 60.9 Å². The van der Waals surface area contributed by atoms with E-state index in [1.807, 2.05) is 60.9 Å². The Kier molecular flexibility index (Phi) is 9.39. The molecule has 0 saturated carbocycles. The molecule has 12 heteroatoms. The molecule has 0 spiro atoms. The average molecular weight is 545 g/mol. The molecule has 0 unspecified atom stereocenters. The smallest absolute Gasteiger partial charge is 0.326 e. The Morgan fingerprint density at radius 2 is 0.912 bits per heavy atom. The summed E-state index contributed by atoms with van der Waals surface area (Å²) in [5, 5.41) is 3.64. The second-order valence-corrected chi connectivity index (χ2v) is 11.3. The van der Waals surface area contributed by atoms with E-state index in [9.17, 15) is 28.7 Å². The zero-order chi connectivity index (χ0) is 22.9. The molecular weight excluding hydrogens is 521 g/mol. The van der Waals surface area contributed by atoms with Gasteiger partial charge in [-0.3, -0.25) is 9.13 Å². The monoisotopic (exact) mass is 544 g/mol. The summed E-state index contributed by atoms with van der Waals surface area (Å²) in [4.78, 5) is 43.5. The molecule has 0 fully saturated rings. The van der Waals surface area contributed by atoms with Crippen molar-refractivity contribution < 1.29 is 63.5 Å². The zero-order valence-electron chi connectivity index (χ0n) is 17.9. The minimum absolute atomic E-state index is 0. The summed E-state index contributed by atoms with van der Waals surface area (Å²) in [5.41, 5.74) is 3.32. The van der Waals surface area contributed by atoms with Crippen LogP contribution < -0.4 is 34.8 Å². The molecule has 0 aliphatic heterocycles. The first-order chi connectivity index (χ1) is 15.1. The molecule has 0 aliphatic carbocycles. The number of rotatable bonds is 7. The van der Waals surface area contributed by atoms with Gasteiger partial charge in [-0.05, 0) is 12.1 Å². The normalized spacial score (nSPS) is 11.8. The van der Waals surface area contributed by atoms with Crippen LogP contribution in [0.1, 0.15) is 11.4 Å². The average Bonchev–Trinajstić information content (AvgIpc) is 2.75. The van der Waals surface area contributed by atoms with Crippen molar-refractivity contribution in [3.05, 3.63) is 72.3 Å². The molecule has 4 rings (SSSR count). The van der Waals surface area contributed by atoms with E-state index in [1.165, 1.54) is 0 Å². The third-order valence-electron chi connectivity index (χ3n) is 5.46. The first-order valence-electron chi connectivity index (χ1n) is 10.1. The molecule has 0 bridgehead atoms. The Labute approximate surface area is 208 Å². The highest BCUT2D eigenvalue weighted by molar-refractivity contribution is 7.52. The van der Waals surface area contributed by atoms with Gasteiger partial charge in [-0.1, -0.05) is 36.4 Å². The highest BCUT2D eigenvalue weighted by Gasteiger charge is 2.23. The molecule has 0 aliphatic rings. The van der Waals surface area contributed by atoms with Crippen molar-refractivity contribution in [1.82, 2.24) is 0 Å². The van der Waals surface area contributed by atoms with Crippen molar-refractivity contribution in [3.8, 4) is 11.1 Å². The fourth-order valence-electron chi connectivity index (χ4n) is 3.97. The summed E-state index contributed by atoms with van der Waals surface area (Å²) in [6.07, 6.45) is 3.64. The van der Waals surface area contributed by atoms with Gasteiger partial charge in [0.15, 0.2) is 23.8 Å². The predicted octanol–water partition coefficient (Wildman–Crippen LogP) is -3.26. The topological polar surface area (TPSA) is 143 Å². The summed E-state index contributed by atoms with van der Waals surface area (Å²) in [7, 11) is -8.23. The number of aromatic nitrogens is 2. The third kappa shape index (κ3) is 6.63. The molecule has 6 N–H and O–H groups in total. The van der Waals surface area contributed by atoms with E-state index in [0.717, 1.165) is 44.1 Å². The summed E-state index contributed by atoms with van der Waals surface area (Å²) in [6.45, 7) is 0. The van der Waals surface area contributed by atoms with Crippen LogP contribution in [-0.4, -0.2) is 31.9 Å². The van der Waals surface area contributed by atoms with Gasteiger partial charge in [0.2, 0.25) is 0 Å². The zero-order valence-corrected chi connectivity index (χ0v) is 21.2. The van der Waals surface area contributed by atoms with E-state index < -0.39 is 15.2 Å². The quantitative estimate of drug-likeness (QED) is 0.180. The molecule has 2 aromatic carbocycles. The van der Waals surface area contributed by atoms with Gasteiger partial charge in [0.05, 0.1) is 23.5 Å². The number of fused-ring (bicyclic) bond motifs is 2. The number of pyridine rings is 2. The van der Waals surface area contributed by atoms with Crippen molar-refractivity contribution in [1.29, 1.82) is 0 Å². The summed E-state index contributed by atoms with van der Waals surface area (Å²) < 4.78 is 22.7. The Balaban J connectivity index is 0.00000204. The van der Waals surface area contributed by atoms with Gasteiger partial charge in [-0.15, -0.1) is 0 Å². The largest absolute Gasteiger partial charge is 1.00 e. The fraction of sp³-hybridized carbons (Fsp3) is 0.182. The van der Waals surface area contributed by atoms with Gasteiger partial charge in [0, 0.05) is 34.4 Å². The van der Waals surface area contributed by atoms with Crippen LogP contribution in [-0.2, 0) is 22.0 Å². The molecule has 0 atom stereocenters. The third-order valence-corrected chi connectivity index (χ3v) is 7.07. The van der Waals surface area contributed by atoms with Gasteiger partial charge < -0.3 is 44.4 Å².